The second-order valence-electron chi connectivity index (χ2n) is 5.79. The fourth-order valence-corrected chi connectivity index (χ4v) is 3.49. The number of benzene rings is 1. The van der Waals surface area contributed by atoms with E-state index in [1.807, 2.05) is 30.5 Å². The van der Waals surface area contributed by atoms with Crippen LogP contribution in [0.25, 0.3) is 10.9 Å². The highest BCUT2D eigenvalue weighted by atomic mass is 32.1. The van der Waals surface area contributed by atoms with E-state index in [1.54, 1.807) is 5.38 Å². The first kappa shape index (κ1) is 15.2. The second-order valence-corrected chi connectivity index (χ2v) is 6.65. The summed E-state index contributed by atoms with van der Waals surface area (Å²) in [5.41, 5.74) is 2.16. The van der Waals surface area contributed by atoms with Gasteiger partial charge in [-0.15, -0.1) is 11.3 Å². The van der Waals surface area contributed by atoms with E-state index >= 15 is 0 Å². The number of carbonyl (C=O) groups excluding carboxylic acids is 1. The standard InChI is InChI=1S/C17H18N4O2S/c22-16(20-12-4-3-11-5-6-18-14(11)8-12)15-10-24-17(21-15)19-9-13-2-1-7-23-13/h3-6,8,10,13,18H,1-2,7,9H2,(H,19,21)(H,20,22)/t13-/m1/s1. The highest BCUT2D eigenvalue weighted by Gasteiger charge is 2.16. The molecule has 124 valence electrons. The highest BCUT2D eigenvalue weighted by molar-refractivity contribution is 7.13. The smallest absolute Gasteiger partial charge is 0.275 e. The number of aromatic amines is 1. The van der Waals surface area contributed by atoms with Crippen molar-refractivity contribution in [2.24, 2.45) is 0 Å². The third-order valence-electron chi connectivity index (χ3n) is 4.05. The maximum Gasteiger partial charge on any atom is 0.275 e. The Balaban J connectivity index is 1.38. The molecule has 24 heavy (non-hydrogen) atoms. The zero-order valence-corrected chi connectivity index (χ0v) is 13.9. The van der Waals surface area contributed by atoms with Crippen molar-refractivity contribution >= 4 is 39.0 Å². The second kappa shape index (κ2) is 6.62. The Labute approximate surface area is 143 Å². The van der Waals surface area contributed by atoms with Gasteiger partial charge in [0.05, 0.1) is 6.10 Å². The fourth-order valence-electron chi connectivity index (χ4n) is 2.79. The van der Waals surface area contributed by atoms with Gasteiger partial charge in [0.25, 0.3) is 5.91 Å². The lowest BCUT2D eigenvalue weighted by molar-refractivity contribution is 0.102. The van der Waals surface area contributed by atoms with Crippen LogP contribution >= 0.6 is 11.3 Å². The van der Waals surface area contributed by atoms with E-state index in [9.17, 15) is 4.79 Å². The number of hydrogen-bond acceptors (Lipinski definition) is 5. The van der Waals surface area contributed by atoms with Crippen LogP contribution in [0.3, 0.4) is 0 Å². The SMILES string of the molecule is O=C(Nc1ccc2cc[nH]c2c1)c1csc(NC[C@H]2CCCO2)n1. The number of aromatic nitrogens is 2. The monoisotopic (exact) mass is 342 g/mol. The Morgan fingerprint density at radius 3 is 3.25 bits per heavy atom. The number of rotatable bonds is 5. The summed E-state index contributed by atoms with van der Waals surface area (Å²) in [7, 11) is 0. The van der Waals surface area contributed by atoms with E-state index in [0.717, 1.165) is 47.7 Å². The zero-order chi connectivity index (χ0) is 16.4. The van der Waals surface area contributed by atoms with Crippen molar-refractivity contribution < 1.29 is 9.53 Å². The molecule has 2 aromatic heterocycles. The van der Waals surface area contributed by atoms with E-state index in [4.69, 9.17) is 4.74 Å². The van der Waals surface area contributed by atoms with Crippen LogP contribution in [0.15, 0.2) is 35.8 Å². The maximum absolute atomic E-state index is 12.3. The van der Waals surface area contributed by atoms with Crippen LogP contribution in [0.4, 0.5) is 10.8 Å². The van der Waals surface area contributed by atoms with Crippen molar-refractivity contribution in [2.75, 3.05) is 23.8 Å². The van der Waals surface area contributed by atoms with Crippen molar-refractivity contribution in [3.05, 3.63) is 41.5 Å². The molecular formula is C17H18N4O2S. The van der Waals surface area contributed by atoms with E-state index < -0.39 is 0 Å². The van der Waals surface area contributed by atoms with Gasteiger partial charge in [-0.25, -0.2) is 4.98 Å². The van der Waals surface area contributed by atoms with Crippen molar-refractivity contribution in [2.45, 2.75) is 18.9 Å². The number of H-pyrrole nitrogens is 1. The predicted octanol–water partition coefficient (Wildman–Crippen LogP) is 3.47. The van der Waals surface area contributed by atoms with Gasteiger partial charge in [-0.05, 0) is 36.4 Å². The molecule has 0 aliphatic carbocycles. The molecule has 0 radical (unpaired) electrons. The number of nitrogens with zero attached hydrogens (tertiary/aromatic N) is 1. The minimum atomic E-state index is -0.206. The van der Waals surface area contributed by atoms with E-state index in [2.05, 4.69) is 20.6 Å². The van der Waals surface area contributed by atoms with Gasteiger partial charge in [-0.2, -0.15) is 0 Å². The van der Waals surface area contributed by atoms with Crippen LogP contribution in [-0.4, -0.2) is 35.1 Å². The Morgan fingerprint density at radius 2 is 2.38 bits per heavy atom. The van der Waals surface area contributed by atoms with Gasteiger partial charge >= 0.3 is 0 Å². The number of carbonyl (C=O) groups is 1. The summed E-state index contributed by atoms with van der Waals surface area (Å²) in [6.45, 7) is 1.57. The molecule has 7 heteroatoms. The summed E-state index contributed by atoms with van der Waals surface area (Å²) >= 11 is 1.43. The molecule has 1 amide bonds. The largest absolute Gasteiger partial charge is 0.376 e. The molecule has 1 aliphatic rings. The summed E-state index contributed by atoms with van der Waals surface area (Å²) in [5.74, 6) is -0.206. The molecule has 1 aromatic carbocycles. The van der Waals surface area contributed by atoms with Gasteiger partial charge in [0.15, 0.2) is 5.13 Å². The Morgan fingerprint density at radius 1 is 1.42 bits per heavy atom. The van der Waals surface area contributed by atoms with Gasteiger partial charge in [0, 0.05) is 35.9 Å². The summed E-state index contributed by atoms with van der Waals surface area (Å²) < 4.78 is 5.57. The van der Waals surface area contributed by atoms with Crippen LogP contribution < -0.4 is 10.6 Å². The highest BCUT2D eigenvalue weighted by Crippen LogP contribution is 2.21. The van der Waals surface area contributed by atoms with Crippen molar-refractivity contribution in [3.63, 3.8) is 0 Å². The third kappa shape index (κ3) is 3.27. The third-order valence-corrected chi connectivity index (χ3v) is 4.85. The van der Waals surface area contributed by atoms with E-state index in [1.165, 1.54) is 11.3 Å². The van der Waals surface area contributed by atoms with Gasteiger partial charge < -0.3 is 20.4 Å². The number of ether oxygens (including phenoxy) is 1. The van der Waals surface area contributed by atoms with E-state index in [0.29, 0.717) is 5.69 Å². The molecule has 1 atom stereocenters. The number of amides is 1. The molecule has 3 heterocycles. The maximum atomic E-state index is 12.3. The molecule has 0 spiro atoms. The molecule has 0 unspecified atom stereocenters. The molecule has 0 bridgehead atoms. The van der Waals surface area contributed by atoms with Crippen LogP contribution in [0.2, 0.25) is 0 Å². The van der Waals surface area contributed by atoms with Gasteiger partial charge in [0.1, 0.15) is 5.69 Å². The first-order valence-electron chi connectivity index (χ1n) is 7.97. The molecule has 1 aliphatic heterocycles. The summed E-state index contributed by atoms with van der Waals surface area (Å²) in [6.07, 6.45) is 4.32. The molecule has 3 aromatic rings. The van der Waals surface area contributed by atoms with Crippen LogP contribution in [0.1, 0.15) is 23.3 Å². The Kier molecular flexibility index (Phi) is 4.18. The fraction of sp³-hybridized carbons (Fsp3) is 0.294. The number of nitrogens with one attached hydrogen (secondary N) is 3. The molecular weight excluding hydrogens is 324 g/mol. The molecule has 1 fully saturated rings. The lowest BCUT2D eigenvalue weighted by Crippen LogP contribution is -2.18. The predicted molar refractivity (Wildman–Crippen MR) is 95.8 cm³/mol. The van der Waals surface area contributed by atoms with Gasteiger partial charge in [-0.1, -0.05) is 6.07 Å². The number of anilines is 2. The Bertz CT molecular complexity index is 851. The first-order valence-corrected chi connectivity index (χ1v) is 8.85. The number of fused-ring (bicyclic) bond motifs is 1. The normalized spacial score (nSPS) is 17.2. The molecule has 1 saturated heterocycles. The average Bonchev–Trinajstić information content (AvgIpc) is 3.33. The van der Waals surface area contributed by atoms with Crippen molar-refractivity contribution in [1.29, 1.82) is 0 Å². The van der Waals surface area contributed by atoms with Crippen LogP contribution in [0, 0.1) is 0 Å². The molecule has 4 rings (SSSR count). The van der Waals surface area contributed by atoms with Crippen LogP contribution in [-0.2, 0) is 4.74 Å². The quantitative estimate of drug-likeness (QED) is 0.663. The molecule has 0 saturated carbocycles. The zero-order valence-electron chi connectivity index (χ0n) is 13.0. The van der Waals surface area contributed by atoms with Crippen LogP contribution in [0.5, 0.6) is 0 Å². The minimum absolute atomic E-state index is 0.206. The molecule has 3 N–H and O–H groups in total. The van der Waals surface area contributed by atoms with Crippen molar-refractivity contribution in [3.8, 4) is 0 Å². The number of hydrogen-bond donors (Lipinski definition) is 3. The summed E-state index contributed by atoms with van der Waals surface area (Å²) in [6, 6.07) is 7.76. The Hall–Kier alpha value is -2.38. The topological polar surface area (TPSA) is 79.0 Å². The van der Waals surface area contributed by atoms with E-state index in [-0.39, 0.29) is 12.0 Å². The lowest BCUT2D eigenvalue weighted by Gasteiger charge is -2.09. The first-order chi connectivity index (χ1) is 11.8. The molecule has 6 nitrogen and oxygen atoms in total. The van der Waals surface area contributed by atoms with Gasteiger partial charge in [-0.3, -0.25) is 4.79 Å². The average molecular weight is 342 g/mol. The lowest BCUT2D eigenvalue weighted by atomic mass is 10.2. The van der Waals surface area contributed by atoms with Crippen molar-refractivity contribution in [1.82, 2.24) is 9.97 Å². The summed E-state index contributed by atoms with van der Waals surface area (Å²) in [5, 5.41) is 9.75. The minimum Gasteiger partial charge on any atom is -0.376 e. The van der Waals surface area contributed by atoms with Gasteiger partial charge in [0.2, 0.25) is 0 Å². The summed E-state index contributed by atoms with van der Waals surface area (Å²) in [4.78, 5) is 19.8. The number of thiazole rings is 1.